The summed E-state index contributed by atoms with van der Waals surface area (Å²) >= 11 is 0. The Labute approximate surface area is 114 Å². The van der Waals surface area contributed by atoms with E-state index in [1.54, 1.807) is 6.07 Å². The second-order valence-electron chi connectivity index (χ2n) is 4.75. The van der Waals surface area contributed by atoms with Crippen LogP contribution < -0.4 is 11.3 Å². The number of nitrogen functional groups attached to an aromatic ring is 1. The number of nitrogens with two attached hydrogens (primary N) is 1. The number of sulfonamides is 1. The molecule has 1 fully saturated rings. The Bertz CT molecular complexity index is 528. The van der Waals surface area contributed by atoms with Gasteiger partial charge < -0.3 is 5.43 Å². The standard InChI is InChI=1S/C12H20N4O2S/c1-2-16(9-10-5-3-6-10)19(17,18)11-7-4-8-14-12(11)15-13/h4,7-8,10H,2-3,5-6,9,13H2,1H3,(H,14,15). The molecule has 1 saturated carbocycles. The van der Waals surface area contributed by atoms with Crippen molar-refractivity contribution >= 4 is 15.8 Å². The lowest BCUT2D eigenvalue weighted by atomic mass is 9.85. The zero-order chi connectivity index (χ0) is 13.9. The molecule has 0 bridgehead atoms. The number of nitrogens with one attached hydrogen (secondary N) is 1. The summed E-state index contributed by atoms with van der Waals surface area (Å²) < 4.78 is 26.7. The molecule has 0 aliphatic heterocycles. The van der Waals surface area contributed by atoms with Crippen LogP contribution in [0.25, 0.3) is 0 Å². The van der Waals surface area contributed by atoms with E-state index >= 15 is 0 Å². The second-order valence-corrected chi connectivity index (χ2v) is 6.65. The lowest BCUT2D eigenvalue weighted by Crippen LogP contribution is -2.37. The minimum atomic E-state index is -3.54. The molecule has 0 aromatic carbocycles. The summed E-state index contributed by atoms with van der Waals surface area (Å²) in [5, 5.41) is 0. The molecule has 0 radical (unpaired) electrons. The summed E-state index contributed by atoms with van der Waals surface area (Å²) in [6.45, 7) is 2.89. The maximum absolute atomic E-state index is 12.6. The van der Waals surface area contributed by atoms with Crippen LogP contribution in [0.3, 0.4) is 0 Å². The van der Waals surface area contributed by atoms with E-state index in [1.165, 1.54) is 23.0 Å². The number of pyridine rings is 1. The zero-order valence-electron chi connectivity index (χ0n) is 11.0. The van der Waals surface area contributed by atoms with Crippen LogP contribution in [0, 0.1) is 5.92 Å². The molecule has 1 aliphatic rings. The van der Waals surface area contributed by atoms with Crippen molar-refractivity contribution in [2.24, 2.45) is 11.8 Å². The molecule has 1 aromatic rings. The van der Waals surface area contributed by atoms with E-state index < -0.39 is 10.0 Å². The lowest BCUT2D eigenvalue weighted by Gasteiger charge is -2.31. The molecule has 2 rings (SSSR count). The van der Waals surface area contributed by atoms with E-state index in [9.17, 15) is 8.42 Å². The molecular formula is C12H20N4O2S. The summed E-state index contributed by atoms with van der Waals surface area (Å²) in [6.07, 6.45) is 4.93. The normalized spacial score (nSPS) is 16.4. The second kappa shape index (κ2) is 5.85. The number of aromatic nitrogens is 1. The molecule has 0 saturated heterocycles. The SMILES string of the molecule is CCN(CC1CCC1)S(=O)(=O)c1cccnc1NN. The van der Waals surface area contributed by atoms with Gasteiger partial charge in [-0.1, -0.05) is 13.3 Å². The molecule has 1 aromatic heterocycles. The molecule has 1 heterocycles. The van der Waals surface area contributed by atoms with Gasteiger partial charge in [0.2, 0.25) is 10.0 Å². The molecule has 0 amide bonds. The third kappa shape index (κ3) is 2.88. The molecular weight excluding hydrogens is 264 g/mol. The van der Waals surface area contributed by atoms with E-state index in [1.807, 2.05) is 6.92 Å². The van der Waals surface area contributed by atoms with Gasteiger partial charge in [-0.3, -0.25) is 0 Å². The first kappa shape index (κ1) is 14.2. The van der Waals surface area contributed by atoms with E-state index in [0.29, 0.717) is 19.0 Å². The van der Waals surface area contributed by atoms with Crippen molar-refractivity contribution in [3.8, 4) is 0 Å². The predicted octanol–water partition coefficient (Wildman–Crippen LogP) is 1.18. The number of rotatable bonds is 6. The number of hydrogen-bond acceptors (Lipinski definition) is 5. The van der Waals surface area contributed by atoms with E-state index in [4.69, 9.17) is 5.84 Å². The molecule has 0 atom stereocenters. The summed E-state index contributed by atoms with van der Waals surface area (Å²) in [5.74, 6) is 6.01. The molecule has 1 aliphatic carbocycles. The Kier molecular flexibility index (Phi) is 4.38. The van der Waals surface area contributed by atoms with Gasteiger partial charge in [-0.25, -0.2) is 19.2 Å². The van der Waals surface area contributed by atoms with Gasteiger partial charge in [-0.15, -0.1) is 0 Å². The fraction of sp³-hybridized carbons (Fsp3) is 0.583. The van der Waals surface area contributed by atoms with E-state index in [-0.39, 0.29) is 10.7 Å². The van der Waals surface area contributed by atoms with Gasteiger partial charge in [-0.2, -0.15) is 4.31 Å². The van der Waals surface area contributed by atoms with Crippen LogP contribution in [0.4, 0.5) is 5.82 Å². The maximum atomic E-state index is 12.6. The minimum absolute atomic E-state index is 0.138. The third-order valence-corrected chi connectivity index (χ3v) is 5.54. The Morgan fingerprint density at radius 1 is 1.53 bits per heavy atom. The van der Waals surface area contributed by atoms with E-state index in [2.05, 4.69) is 10.4 Å². The van der Waals surface area contributed by atoms with Crippen LogP contribution in [0.1, 0.15) is 26.2 Å². The molecule has 7 heteroatoms. The largest absolute Gasteiger partial charge is 0.307 e. The molecule has 6 nitrogen and oxygen atoms in total. The Morgan fingerprint density at radius 2 is 2.26 bits per heavy atom. The molecule has 106 valence electrons. The van der Waals surface area contributed by atoms with Crippen LogP contribution in [-0.2, 0) is 10.0 Å². The van der Waals surface area contributed by atoms with Crippen molar-refractivity contribution in [1.82, 2.24) is 9.29 Å². The minimum Gasteiger partial charge on any atom is -0.307 e. The number of hydrogen-bond donors (Lipinski definition) is 2. The topological polar surface area (TPSA) is 88.3 Å². The first-order valence-corrected chi connectivity index (χ1v) is 7.95. The van der Waals surface area contributed by atoms with Crippen molar-refractivity contribution in [3.63, 3.8) is 0 Å². The molecule has 19 heavy (non-hydrogen) atoms. The molecule has 0 unspecified atom stereocenters. The van der Waals surface area contributed by atoms with Crippen LogP contribution >= 0.6 is 0 Å². The zero-order valence-corrected chi connectivity index (χ0v) is 11.9. The van der Waals surface area contributed by atoms with Crippen LogP contribution in [0.15, 0.2) is 23.2 Å². The van der Waals surface area contributed by atoms with Gasteiger partial charge in [-0.05, 0) is 30.9 Å². The van der Waals surface area contributed by atoms with Gasteiger partial charge in [0.05, 0.1) is 0 Å². The average molecular weight is 284 g/mol. The predicted molar refractivity (Wildman–Crippen MR) is 73.8 cm³/mol. The fourth-order valence-electron chi connectivity index (χ4n) is 2.21. The number of anilines is 1. The van der Waals surface area contributed by atoms with Crippen molar-refractivity contribution in [2.75, 3.05) is 18.5 Å². The van der Waals surface area contributed by atoms with Crippen molar-refractivity contribution in [3.05, 3.63) is 18.3 Å². The molecule has 0 spiro atoms. The molecule has 3 N–H and O–H groups in total. The van der Waals surface area contributed by atoms with Crippen molar-refractivity contribution < 1.29 is 8.42 Å². The van der Waals surface area contributed by atoms with Gasteiger partial charge in [0.25, 0.3) is 0 Å². The summed E-state index contributed by atoms with van der Waals surface area (Å²) in [4.78, 5) is 4.09. The highest BCUT2D eigenvalue weighted by atomic mass is 32.2. The summed E-state index contributed by atoms with van der Waals surface area (Å²) in [5.41, 5.74) is 2.34. The van der Waals surface area contributed by atoms with Crippen molar-refractivity contribution in [1.29, 1.82) is 0 Å². The smallest absolute Gasteiger partial charge is 0.246 e. The van der Waals surface area contributed by atoms with Gasteiger partial charge >= 0.3 is 0 Å². The van der Waals surface area contributed by atoms with Crippen LogP contribution in [0.5, 0.6) is 0 Å². The monoisotopic (exact) mass is 284 g/mol. The maximum Gasteiger partial charge on any atom is 0.246 e. The fourth-order valence-corrected chi connectivity index (χ4v) is 3.84. The highest BCUT2D eigenvalue weighted by Crippen LogP contribution is 2.30. The summed E-state index contributed by atoms with van der Waals surface area (Å²) in [6, 6.07) is 3.13. The van der Waals surface area contributed by atoms with Gasteiger partial charge in [0.1, 0.15) is 4.90 Å². The van der Waals surface area contributed by atoms with Crippen molar-refractivity contribution in [2.45, 2.75) is 31.1 Å². The quantitative estimate of drug-likeness (QED) is 0.605. The van der Waals surface area contributed by atoms with Crippen LogP contribution in [0.2, 0.25) is 0 Å². The van der Waals surface area contributed by atoms with Gasteiger partial charge in [0.15, 0.2) is 5.82 Å². The lowest BCUT2D eigenvalue weighted by molar-refractivity contribution is 0.250. The third-order valence-electron chi connectivity index (χ3n) is 3.56. The number of hydrazine groups is 1. The average Bonchev–Trinajstić information content (AvgIpc) is 2.37. The van der Waals surface area contributed by atoms with Crippen LogP contribution in [-0.4, -0.2) is 30.8 Å². The van der Waals surface area contributed by atoms with Gasteiger partial charge in [0, 0.05) is 19.3 Å². The highest BCUT2D eigenvalue weighted by Gasteiger charge is 2.30. The van der Waals surface area contributed by atoms with E-state index in [0.717, 1.165) is 12.8 Å². The number of nitrogens with zero attached hydrogens (tertiary/aromatic N) is 2. The Balaban J connectivity index is 2.28. The first-order valence-electron chi connectivity index (χ1n) is 6.51. The summed E-state index contributed by atoms with van der Waals surface area (Å²) in [7, 11) is -3.54. The Morgan fingerprint density at radius 3 is 2.79 bits per heavy atom. The first-order chi connectivity index (χ1) is 9.09. The highest BCUT2D eigenvalue weighted by molar-refractivity contribution is 7.89. The Hall–Kier alpha value is -1.18.